The molecule has 3 heteroatoms. The van der Waals surface area contributed by atoms with Crippen LogP contribution in [0.1, 0.15) is 15.9 Å². The Morgan fingerprint density at radius 2 is 1.80 bits per heavy atom. The van der Waals surface area contributed by atoms with Crippen molar-refractivity contribution in [3.63, 3.8) is 0 Å². The number of hydrogen-bond acceptors (Lipinski definition) is 3. The fourth-order valence-corrected chi connectivity index (χ4v) is 3.03. The first-order chi connectivity index (χ1) is 9.75. The van der Waals surface area contributed by atoms with Crippen LogP contribution in [-0.2, 0) is 0 Å². The summed E-state index contributed by atoms with van der Waals surface area (Å²) >= 11 is 1.68. The number of nitrogen functional groups attached to an aromatic ring is 1. The van der Waals surface area contributed by atoms with E-state index in [0.29, 0.717) is 11.3 Å². The molecule has 0 aliphatic heterocycles. The van der Waals surface area contributed by atoms with E-state index in [-0.39, 0.29) is 5.78 Å². The molecular formula is C17H13NOS. The lowest BCUT2D eigenvalue weighted by atomic mass is 10.1. The van der Waals surface area contributed by atoms with Crippen LogP contribution in [0.25, 0.3) is 16.2 Å². The van der Waals surface area contributed by atoms with E-state index in [0.717, 1.165) is 5.56 Å². The smallest absolute Gasteiger partial charge is 0.187 e. The average Bonchev–Trinajstić information content (AvgIpc) is 2.88. The van der Waals surface area contributed by atoms with Gasteiger partial charge in [0, 0.05) is 16.0 Å². The summed E-state index contributed by atoms with van der Waals surface area (Å²) in [6.07, 6.45) is 3.44. The van der Waals surface area contributed by atoms with Crippen LogP contribution in [0, 0.1) is 0 Å². The van der Waals surface area contributed by atoms with E-state index in [1.807, 2.05) is 30.3 Å². The van der Waals surface area contributed by atoms with Gasteiger partial charge in [-0.15, -0.1) is 11.3 Å². The van der Waals surface area contributed by atoms with Gasteiger partial charge in [-0.05, 0) is 46.7 Å². The Morgan fingerprint density at radius 3 is 2.65 bits per heavy atom. The number of fused-ring (bicyclic) bond motifs is 1. The molecule has 0 atom stereocenters. The van der Waals surface area contributed by atoms with Gasteiger partial charge >= 0.3 is 0 Å². The summed E-state index contributed by atoms with van der Waals surface area (Å²) in [7, 11) is 0. The highest BCUT2D eigenvalue weighted by Gasteiger charge is 2.06. The van der Waals surface area contributed by atoms with Gasteiger partial charge < -0.3 is 5.73 Å². The Labute approximate surface area is 121 Å². The number of nitrogens with two attached hydrogens (primary N) is 1. The minimum absolute atomic E-state index is 0.0709. The van der Waals surface area contributed by atoms with E-state index in [9.17, 15) is 4.79 Å². The molecule has 0 saturated carbocycles. The number of para-hydroxylation sites is 1. The van der Waals surface area contributed by atoms with Gasteiger partial charge in [0.1, 0.15) is 0 Å². The first kappa shape index (κ1) is 12.6. The van der Waals surface area contributed by atoms with Crippen LogP contribution in [-0.4, -0.2) is 5.78 Å². The van der Waals surface area contributed by atoms with Crippen LogP contribution < -0.4 is 5.73 Å². The quantitative estimate of drug-likeness (QED) is 0.439. The minimum atomic E-state index is -0.0709. The molecule has 98 valence electrons. The van der Waals surface area contributed by atoms with Gasteiger partial charge in [-0.25, -0.2) is 0 Å². The zero-order valence-electron chi connectivity index (χ0n) is 10.7. The summed E-state index contributed by atoms with van der Waals surface area (Å²) in [5, 5.41) is 3.23. The summed E-state index contributed by atoms with van der Waals surface area (Å²) in [5.41, 5.74) is 7.93. The van der Waals surface area contributed by atoms with Crippen LogP contribution in [0.3, 0.4) is 0 Å². The molecular weight excluding hydrogens is 266 g/mol. The van der Waals surface area contributed by atoms with E-state index in [1.54, 1.807) is 29.5 Å². The molecule has 3 aromatic rings. The lowest BCUT2D eigenvalue weighted by Crippen LogP contribution is -1.99. The molecule has 1 heterocycles. The molecule has 0 aliphatic rings. The van der Waals surface area contributed by atoms with Crippen molar-refractivity contribution in [3.05, 3.63) is 71.1 Å². The zero-order chi connectivity index (χ0) is 13.9. The van der Waals surface area contributed by atoms with Gasteiger partial charge in [0.25, 0.3) is 0 Å². The number of allylic oxidation sites excluding steroid dienone is 1. The summed E-state index contributed by atoms with van der Waals surface area (Å²) < 4.78 is 1.22. The van der Waals surface area contributed by atoms with Gasteiger partial charge in [0.05, 0.1) is 0 Å². The molecule has 2 aromatic carbocycles. The van der Waals surface area contributed by atoms with Gasteiger partial charge in [-0.3, -0.25) is 4.79 Å². The first-order valence-corrected chi connectivity index (χ1v) is 7.17. The molecule has 3 rings (SSSR count). The Morgan fingerprint density at radius 1 is 1.05 bits per heavy atom. The predicted octanol–water partition coefficient (Wildman–Crippen LogP) is 4.38. The highest BCUT2D eigenvalue weighted by molar-refractivity contribution is 7.17. The van der Waals surface area contributed by atoms with Gasteiger partial charge in [-0.2, -0.15) is 0 Å². The van der Waals surface area contributed by atoms with Gasteiger partial charge in [0.2, 0.25) is 0 Å². The Bertz CT molecular complexity index is 801. The third kappa shape index (κ3) is 2.36. The summed E-state index contributed by atoms with van der Waals surface area (Å²) in [4.78, 5) is 12.1. The fourth-order valence-electron chi connectivity index (χ4n) is 2.10. The molecule has 0 saturated heterocycles. The molecule has 0 radical (unpaired) electrons. The van der Waals surface area contributed by atoms with Crippen LogP contribution >= 0.6 is 11.3 Å². The lowest BCUT2D eigenvalue weighted by Gasteiger charge is -1.99. The van der Waals surface area contributed by atoms with Crippen molar-refractivity contribution in [3.8, 4) is 0 Å². The molecule has 0 spiro atoms. The molecule has 0 bridgehead atoms. The maximum absolute atomic E-state index is 12.1. The van der Waals surface area contributed by atoms with Gasteiger partial charge in [0.15, 0.2) is 5.78 Å². The fraction of sp³-hybridized carbons (Fsp3) is 0. The minimum Gasteiger partial charge on any atom is -0.398 e. The van der Waals surface area contributed by atoms with Crippen LogP contribution in [0.2, 0.25) is 0 Å². The van der Waals surface area contributed by atoms with Crippen molar-refractivity contribution in [2.45, 2.75) is 0 Å². The number of ketones is 1. The van der Waals surface area contributed by atoms with Crippen LogP contribution in [0.4, 0.5) is 5.69 Å². The summed E-state index contributed by atoms with van der Waals surface area (Å²) in [6, 6.07) is 15.3. The van der Waals surface area contributed by atoms with Crippen molar-refractivity contribution in [1.82, 2.24) is 0 Å². The van der Waals surface area contributed by atoms with E-state index in [4.69, 9.17) is 5.73 Å². The van der Waals surface area contributed by atoms with Gasteiger partial charge in [-0.1, -0.05) is 30.3 Å². The highest BCUT2D eigenvalue weighted by Crippen LogP contribution is 2.26. The molecule has 20 heavy (non-hydrogen) atoms. The summed E-state index contributed by atoms with van der Waals surface area (Å²) in [6.45, 7) is 0. The zero-order valence-corrected chi connectivity index (χ0v) is 11.6. The maximum atomic E-state index is 12.1. The maximum Gasteiger partial charge on any atom is 0.187 e. The van der Waals surface area contributed by atoms with Crippen molar-refractivity contribution >= 4 is 39.0 Å². The van der Waals surface area contributed by atoms with E-state index >= 15 is 0 Å². The Balaban J connectivity index is 1.91. The second-order valence-electron chi connectivity index (χ2n) is 4.47. The van der Waals surface area contributed by atoms with E-state index in [2.05, 4.69) is 17.5 Å². The monoisotopic (exact) mass is 279 g/mol. The number of thiophene rings is 1. The average molecular weight is 279 g/mol. The molecule has 2 N–H and O–H groups in total. The molecule has 0 amide bonds. The van der Waals surface area contributed by atoms with Crippen LogP contribution in [0.15, 0.2) is 60.0 Å². The Kier molecular flexibility index (Phi) is 3.35. The molecule has 1 aromatic heterocycles. The van der Waals surface area contributed by atoms with Crippen molar-refractivity contribution in [2.24, 2.45) is 0 Å². The largest absolute Gasteiger partial charge is 0.398 e. The predicted molar refractivity (Wildman–Crippen MR) is 86.0 cm³/mol. The van der Waals surface area contributed by atoms with Crippen molar-refractivity contribution < 1.29 is 4.79 Å². The molecule has 0 unspecified atom stereocenters. The second-order valence-corrected chi connectivity index (χ2v) is 5.38. The SMILES string of the molecule is Nc1ccccc1C(=O)/C=C/c1csc2ccccc12. The number of anilines is 1. The second kappa shape index (κ2) is 5.31. The normalized spacial score (nSPS) is 11.2. The number of carbonyl (C=O) groups excluding carboxylic acids is 1. The number of benzene rings is 2. The van der Waals surface area contributed by atoms with E-state index < -0.39 is 0 Å². The first-order valence-electron chi connectivity index (χ1n) is 6.29. The molecule has 2 nitrogen and oxygen atoms in total. The number of carbonyl (C=O) groups is 1. The topological polar surface area (TPSA) is 43.1 Å². The van der Waals surface area contributed by atoms with Crippen LogP contribution in [0.5, 0.6) is 0 Å². The molecule has 0 aliphatic carbocycles. The Hall–Kier alpha value is -2.39. The standard InChI is InChI=1S/C17H13NOS/c18-15-7-3-1-6-14(15)16(19)10-9-12-11-20-17-8-4-2-5-13(12)17/h1-11H,18H2/b10-9+. The van der Waals surface area contributed by atoms with Crippen molar-refractivity contribution in [1.29, 1.82) is 0 Å². The summed E-state index contributed by atoms with van der Waals surface area (Å²) in [5.74, 6) is -0.0709. The van der Waals surface area contributed by atoms with E-state index in [1.165, 1.54) is 10.1 Å². The third-order valence-corrected chi connectivity index (χ3v) is 4.13. The third-order valence-electron chi connectivity index (χ3n) is 3.15. The number of hydrogen-bond donors (Lipinski definition) is 1. The number of rotatable bonds is 3. The molecule has 0 fully saturated rings. The lowest BCUT2D eigenvalue weighted by molar-refractivity contribution is 0.104. The highest BCUT2D eigenvalue weighted by atomic mass is 32.1. The van der Waals surface area contributed by atoms with Crippen molar-refractivity contribution in [2.75, 3.05) is 5.73 Å².